The molecular formula is C15H24Cl2O5Si. The number of ether oxygens (including phenoxy) is 2. The Hall–Kier alpha value is -0.823. The number of halogens is 2. The van der Waals surface area contributed by atoms with E-state index in [0.29, 0.717) is 37.2 Å². The van der Waals surface area contributed by atoms with Crippen molar-refractivity contribution in [3.05, 3.63) is 24.3 Å². The van der Waals surface area contributed by atoms with Gasteiger partial charge in [0.15, 0.2) is 14.1 Å². The summed E-state index contributed by atoms with van der Waals surface area (Å²) in [6.45, 7) is 10.8. The van der Waals surface area contributed by atoms with E-state index in [4.69, 9.17) is 37.1 Å². The van der Waals surface area contributed by atoms with Gasteiger partial charge in [-0.2, -0.15) is 0 Å². The summed E-state index contributed by atoms with van der Waals surface area (Å²) < 4.78 is 15.6. The third kappa shape index (κ3) is 12.3. The molecule has 0 aliphatic carbocycles. The Morgan fingerprint density at radius 1 is 0.957 bits per heavy atom. The van der Waals surface area contributed by atoms with Gasteiger partial charge in [0, 0.05) is 11.1 Å². The van der Waals surface area contributed by atoms with E-state index in [1.807, 2.05) is 0 Å². The van der Waals surface area contributed by atoms with Crippen molar-refractivity contribution in [2.24, 2.45) is 0 Å². The van der Waals surface area contributed by atoms with Gasteiger partial charge >= 0.3 is 11.9 Å². The van der Waals surface area contributed by atoms with E-state index < -0.39 is 26.0 Å². The van der Waals surface area contributed by atoms with Crippen LogP contribution in [-0.2, 0) is 23.5 Å². The molecule has 0 radical (unpaired) electrons. The molecule has 0 N–H and O–H groups in total. The average Bonchev–Trinajstić information content (AvgIpc) is 2.46. The van der Waals surface area contributed by atoms with E-state index in [1.165, 1.54) is 0 Å². The van der Waals surface area contributed by atoms with Crippen LogP contribution in [0.1, 0.15) is 26.7 Å². The molecule has 0 aliphatic rings. The van der Waals surface area contributed by atoms with Crippen LogP contribution in [0.2, 0.25) is 12.1 Å². The summed E-state index contributed by atoms with van der Waals surface area (Å²) in [5, 5.41) is -0.873. The third-order valence-corrected chi connectivity index (χ3v) is 6.11. The number of esters is 2. The van der Waals surface area contributed by atoms with Gasteiger partial charge in [0.25, 0.3) is 0 Å². The maximum atomic E-state index is 11.3. The van der Waals surface area contributed by atoms with Crippen molar-refractivity contribution in [2.75, 3.05) is 13.2 Å². The van der Waals surface area contributed by atoms with Gasteiger partial charge in [0.05, 0.1) is 13.2 Å². The topological polar surface area (TPSA) is 61.8 Å². The van der Waals surface area contributed by atoms with Crippen LogP contribution in [0.3, 0.4) is 0 Å². The highest BCUT2D eigenvalue weighted by molar-refractivity contribution is 6.55. The first-order chi connectivity index (χ1) is 10.7. The minimum absolute atomic E-state index is 0.304. The van der Waals surface area contributed by atoms with Crippen LogP contribution in [0.25, 0.3) is 0 Å². The number of hydrogen-bond donors (Lipinski definition) is 0. The van der Waals surface area contributed by atoms with E-state index in [9.17, 15) is 9.59 Å². The van der Waals surface area contributed by atoms with Crippen LogP contribution in [0, 0.1) is 0 Å². The predicted octanol–water partition coefficient (Wildman–Crippen LogP) is 3.51. The zero-order valence-corrected chi connectivity index (χ0v) is 16.3. The van der Waals surface area contributed by atoms with Gasteiger partial charge in [0.2, 0.25) is 0 Å². The van der Waals surface area contributed by atoms with Crippen LogP contribution in [0.4, 0.5) is 0 Å². The van der Waals surface area contributed by atoms with Crippen LogP contribution < -0.4 is 0 Å². The van der Waals surface area contributed by atoms with E-state index in [0.717, 1.165) is 12.1 Å². The summed E-state index contributed by atoms with van der Waals surface area (Å²) in [6, 6.07) is 1.52. The van der Waals surface area contributed by atoms with Gasteiger partial charge in [0.1, 0.15) is 0 Å². The molecule has 0 fully saturated rings. The summed E-state index contributed by atoms with van der Waals surface area (Å²) in [6.07, 6.45) is 1.34. The summed E-state index contributed by atoms with van der Waals surface area (Å²) >= 11 is 11.3. The summed E-state index contributed by atoms with van der Waals surface area (Å²) in [7, 11) is -1.66. The molecule has 0 atom stereocenters. The quantitative estimate of drug-likeness (QED) is 0.170. The number of carbonyl (C=O) groups is 2. The van der Waals surface area contributed by atoms with Crippen LogP contribution in [0.15, 0.2) is 24.3 Å². The Kier molecular flexibility index (Phi) is 12.1. The lowest BCUT2D eigenvalue weighted by molar-refractivity contribution is -0.139. The fourth-order valence-corrected chi connectivity index (χ4v) is 4.59. The molecule has 0 aromatic heterocycles. The second-order valence-electron chi connectivity index (χ2n) is 5.14. The van der Waals surface area contributed by atoms with Crippen LogP contribution >= 0.6 is 23.2 Å². The van der Waals surface area contributed by atoms with Gasteiger partial charge < -0.3 is 13.9 Å². The van der Waals surface area contributed by atoms with Crippen molar-refractivity contribution in [3.63, 3.8) is 0 Å². The molecule has 0 saturated carbocycles. The minimum Gasteiger partial charge on any atom is -0.462 e. The highest BCUT2D eigenvalue weighted by atomic mass is 35.5. The summed E-state index contributed by atoms with van der Waals surface area (Å²) in [5.41, 5.74) is 0.743. The molecule has 132 valence electrons. The van der Waals surface area contributed by atoms with Gasteiger partial charge in [-0.3, -0.25) is 0 Å². The van der Waals surface area contributed by atoms with Crippen molar-refractivity contribution < 1.29 is 23.5 Å². The normalized spacial score (nSPS) is 10.7. The molecule has 0 amide bonds. The first-order valence-corrected chi connectivity index (χ1v) is 10.3. The van der Waals surface area contributed by atoms with E-state index in [2.05, 4.69) is 13.2 Å². The molecule has 0 saturated heterocycles. The smallest absolute Gasteiger partial charge is 0.333 e. The van der Waals surface area contributed by atoms with Gasteiger partial charge in [-0.05, 0) is 38.8 Å². The SMILES string of the molecule is C=C(C)C(=O)OCCC[SiH](CCCOC(=O)C(=C)C)OC(Cl)Cl. The average molecular weight is 383 g/mol. The molecule has 0 aromatic carbocycles. The highest BCUT2D eigenvalue weighted by Gasteiger charge is 2.16. The van der Waals surface area contributed by atoms with Crippen molar-refractivity contribution in [1.29, 1.82) is 0 Å². The Labute approximate surface area is 149 Å². The molecule has 5 nitrogen and oxygen atoms in total. The first kappa shape index (κ1) is 22.2. The Balaban J connectivity index is 4.02. The fourth-order valence-electron chi connectivity index (χ4n) is 1.62. The number of rotatable bonds is 12. The molecule has 0 heterocycles. The van der Waals surface area contributed by atoms with E-state index in [-0.39, 0.29) is 0 Å². The summed E-state index contributed by atoms with van der Waals surface area (Å²) in [4.78, 5) is 22.5. The molecule has 23 heavy (non-hydrogen) atoms. The maximum Gasteiger partial charge on any atom is 0.333 e. The largest absolute Gasteiger partial charge is 0.462 e. The second-order valence-corrected chi connectivity index (χ2v) is 8.82. The standard InChI is InChI=1S/C15H24Cl2O5Si/c1-11(2)13(18)20-7-5-9-23(22-15(16)17)10-6-8-21-14(19)12(3)4/h15,23H,1,3,5-10H2,2,4H3. The van der Waals surface area contributed by atoms with E-state index >= 15 is 0 Å². The minimum atomic E-state index is -1.66. The molecule has 0 unspecified atom stereocenters. The van der Waals surface area contributed by atoms with Crippen LogP contribution in [-0.4, -0.2) is 39.2 Å². The number of alkyl halides is 2. The number of hydrogen-bond acceptors (Lipinski definition) is 5. The van der Waals surface area contributed by atoms with Gasteiger partial charge in [-0.25, -0.2) is 9.59 Å². The Morgan fingerprint density at radius 3 is 1.65 bits per heavy atom. The van der Waals surface area contributed by atoms with Crippen molar-refractivity contribution in [3.8, 4) is 0 Å². The monoisotopic (exact) mass is 382 g/mol. The molecule has 0 aromatic rings. The zero-order chi connectivity index (χ0) is 17.8. The molecule has 0 bridgehead atoms. The van der Waals surface area contributed by atoms with Crippen molar-refractivity contribution >= 4 is 44.2 Å². The molecular weight excluding hydrogens is 359 g/mol. The summed E-state index contributed by atoms with van der Waals surface area (Å²) in [5.74, 6) is -0.799. The van der Waals surface area contributed by atoms with Crippen LogP contribution in [0.5, 0.6) is 0 Å². The fraction of sp³-hybridized carbons (Fsp3) is 0.600. The Bertz CT molecular complexity index is 392. The second kappa shape index (κ2) is 12.6. The predicted molar refractivity (Wildman–Crippen MR) is 94.1 cm³/mol. The third-order valence-electron chi connectivity index (χ3n) is 2.80. The molecule has 8 heteroatoms. The van der Waals surface area contributed by atoms with Gasteiger partial charge in [-0.15, -0.1) is 0 Å². The molecule has 0 rings (SSSR count). The number of carbonyl (C=O) groups excluding carboxylic acids is 2. The highest BCUT2D eigenvalue weighted by Crippen LogP contribution is 2.15. The first-order valence-electron chi connectivity index (χ1n) is 7.33. The maximum absolute atomic E-state index is 11.3. The van der Waals surface area contributed by atoms with Gasteiger partial charge in [-0.1, -0.05) is 36.4 Å². The lowest BCUT2D eigenvalue weighted by Gasteiger charge is -2.17. The van der Waals surface area contributed by atoms with Crippen molar-refractivity contribution in [1.82, 2.24) is 0 Å². The lowest BCUT2D eigenvalue weighted by atomic mass is 10.4. The zero-order valence-electron chi connectivity index (χ0n) is 13.6. The van der Waals surface area contributed by atoms with E-state index in [1.54, 1.807) is 13.8 Å². The molecule has 0 spiro atoms. The lowest BCUT2D eigenvalue weighted by Crippen LogP contribution is -2.22. The van der Waals surface area contributed by atoms with Crippen molar-refractivity contribution in [2.45, 2.75) is 43.8 Å². The Morgan fingerprint density at radius 2 is 1.35 bits per heavy atom. The molecule has 0 aliphatic heterocycles.